The molecule has 0 atom stereocenters. The highest BCUT2D eigenvalue weighted by Gasteiger charge is 2.30. The lowest BCUT2D eigenvalue weighted by Gasteiger charge is -2.09. The van der Waals surface area contributed by atoms with Gasteiger partial charge >= 0.3 is 6.18 Å². The quantitative estimate of drug-likeness (QED) is 0.392. The van der Waals surface area contributed by atoms with E-state index in [4.69, 9.17) is 11.6 Å². The van der Waals surface area contributed by atoms with Crippen LogP contribution in [0.4, 0.5) is 18.3 Å². The van der Waals surface area contributed by atoms with Crippen molar-refractivity contribution >= 4 is 40.1 Å². The van der Waals surface area contributed by atoms with Crippen LogP contribution in [0.5, 0.6) is 0 Å². The molecule has 0 unspecified atom stereocenters. The van der Waals surface area contributed by atoms with Crippen molar-refractivity contribution in [2.45, 2.75) is 32.4 Å². The molecule has 162 valence electrons. The van der Waals surface area contributed by atoms with Crippen LogP contribution in [0.25, 0.3) is 6.08 Å². The monoisotopic (exact) mass is 464 g/mol. The molecule has 0 aliphatic heterocycles. The van der Waals surface area contributed by atoms with E-state index in [1.165, 1.54) is 35.2 Å². The van der Waals surface area contributed by atoms with Crippen molar-refractivity contribution in [1.29, 1.82) is 0 Å². The van der Waals surface area contributed by atoms with Gasteiger partial charge in [-0.15, -0.1) is 11.3 Å². The van der Waals surface area contributed by atoms with Gasteiger partial charge in [-0.1, -0.05) is 49.7 Å². The van der Waals surface area contributed by atoms with Crippen LogP contribution >= 0.6 is 22.9 Å². The molecule has 3 rings (SSSR count). The van der Waals surface area contributed by atoms with Gasteiger partial charge in [-0.25, -0.2) is 4.98 Å². The average molecular weight is 465 g/mol. The van der Waals surface area contributed by atoms with Gasteiger partial charge in [-0.05, 0) is 46.9 Å². The van der Waals surface area contributed by atoms with Gasteiger partial charge in [0.05, 0.1) is 5.56 Å². The maximum absolute atomic E-state index is 12.9. The van der Waals surface area contributed by atoms with Crippen molar-refractivity contribution in [3.8, 4) is 0 Å². The van der Waals surface area contributed by atoms with Crippen molar-refractivity contribution in [2.24, 2.45) is 0 Å². The molecule has 31 heavy (non-hydrogen) atoms. The minimum Gasteiger partial charge on any atom is -0.298 e. The highest BCUT2D eigenvalue weighted by Crippen LogP contribution is 2.33. The fourth-order valence-corrected chi connectivity index (χ4v) is 3.86. The summed E-state index contributed by atoms with van der Waals surface area (Å²) in [5.74, 6) is 0.0946. The van der Waals surface area contributed by atoms with Crippen LogP contribution < -0.4 is 5.32 Å². The van der Waals surface area contributed by atoms with Crippen LogP contribution in [0, 0.1) is 0 Å². The molecule has 3 nitrogen and oxygen atoms in total. The number of amides is 1. The lowest BCUT2D eigenvalue weighted by molar-refractivity contribution is -0.137. The van der Waals surface area contributed by atoms with Gasteiger partial charge in [0.2, 0.25) is 5.91 Å². The SMILES string of the molecule is CC(C)c1ccc(/C=C/C(=O)Nc2ncc(Cc3cc(C(F)(F)F)ccc3Cl)s2)cc1. The van der Waals surface area contributed by atoms with E-state index in [1.807, 2.05) is 24.3 Å². The van der Waals surface area contributed by atoms with E-state index in [2.05, 4.69) is 24.1 Å². The average Bonchev–Trinajstić information content (AvgIpc) is 3.14. The third-order valence-corrected chi connectivity index (χ3v) is 5.83. The van der Waals surface area contributed by atoms with Gasteiger partial charge in [0, 0.05) is 28.6 Å². The van der Waals surface area contributed by atoms with E-state index in [0.29, 0.717) is 21.5 Å². The van der Waals surface area contributed by atoms with Crippen LogP contribution in [0.3, 0.4) is 0 Å². The number of rotatable bonds is 6. The lowest BCUT2D eigenvalue weighted by atomic mass is 10.0. The van der Waals surface area contributed by atoms with E-state index < -0.39 is 11.7 Å². The Morgan fingerprint density at radius 2 is 1.90 bits per heavy atom. The van der Waals surface area contributed by atoms with Gasteiger partial charge < -0.3 is 0 Å². The number of aromatic nitrogens is 1. The summed E-state index contributed by atoms with van der Waals surface area (Å²) in [6, 6.07) is 11.2. The fourth-order valence-electron chi connectivity index (χ4n) is 2.83. The molecule has 0 radical (unpaired) electrons. The maximum atomic E-state index is 12.9. The second-order valence-corrected chi connectivity index (χ2v) is 8.78. The van der Waals surface area contributed by atoms with Crippen molar-refractivity contribution in [3.05, 3.63) is 86.9 Å². The van der Waals surface area contributed by atoms with Crippen LogP contribution in [0.15, 0.2) is 54.7 Å². The molecule has 0 fully saturated rings. The second kappa shape index (κ2) is 9.66. The first-order valence-electron chi connectivity index (χ1n) is 9.51. The molecule has 1 heterocycles. The summed E-state index contributed by atoms with van der Waals surface area (Å²) in [4.78, 5) is 17.0. The number of halogens is 4. The summed E-state index contributed by atoms with van der Waals surface area (Å²) in [5, 5.41) is 3.28. The molecular weight excluding hydrogens is 445 g/mol. The maximum Gasteiger partial charge on any atom is 0.416 e. The predicted octanol–water partition coefficient (Wildman–Crippen LogP) is 7.18. The van der Waals surface area contributed by atoms with Gasteiger partial charge in [0.1, 0.15) is 0 Å². The largest absolute Gasteiger partial charge is 0.416 e. The Morgan fingerprint density at radius 1 is 1.19 bits per heavy atom. The summed E-state index contributed by atoms with van der Waals surface area (Å²) in [6.45, 7) is 4.23. The van der Waals surface area contributed by atoms with Crippen molar-refractivity contribution < 1.29 is 18.0 Å². The van der Waals surface area contributed by atoms with Gasteiger partial charge in [-0.3, -0.25) is 10.1 Å². The van der Waals surface area contributed by atoms with Crippen LogP contribution in [0.1, 0.15) is 46.9 Å². The third-order valence-electron chi connectivity index (χ3n) is 4.55. The molecule has 1 aromatic heterocycles. The Morgan fingerprint density at radius 3 is 2.55 bits per heavy atom. The van der Waals surface area contributed by atoms with E-state index in [9.17, 15) is 18.0 Å². The molecule has 0 aliphatic carbocycles. The summed E-state index contributed by atoms with van der Waals surface area (Å²) < 4.78 is 38.8. The van der Waals surface area contributed by atoms with E-state index in [1.54, 1.807) is 6.08 Å². The second-order valence-electron chi connectivity index (χ2n) is 7.26. The van der Waals surface area contributed by atoms with Gasteiger partial charge in [-0.2, -0.15) is 13.2 Å². The molecule has 0 saturated heterocycles. The molecule has 1 amide bonds. The Labute approximate surface area is 187 Å². The molecule has 0 spiro atoms. The summed E-state index contributed by atoms with van der Waals surface area (Å²) in [6.07, 6.45) is 0.388. The lowest BCUT2D eigenvalue weighted by Crippen LogP contribution is -2.07. The zero-order chi connectivity index (χ0) is 22.6. The van der Waals surface area contributed by atoms with Crippen molar-refractivity contribution in [2.75, 3.05) is 5.32 Å². The van der Waals surface area contributed by atoms with E-state index in [-0.39, 0.29) is 17.4 Å². The number of nitrogens with zero attached hydrogens (tertiary/aromatic N) is 1. The Bertz CT molecular complexity index is 1090. The zero-order valence-electron chi connectivity index (χ0n) is 16.8. The summed E-state index contributed by atoms with van der Waals surface area (Å²) in [7, 11) is 0. The summed E-state index contributed by atoms with van der Waals surface area (Å²) >= 11 is 7.24. The molecule has 8 heteroatoms. The van der Waals surface area contributed by atoms with Crippen molar-refractivity contribution in [3.63, 3.8) is 0 Å². The number of nitrogens with one attached hydrogen (secondary N) is 1. The molecule has 0 aliphatic rings. The number of hydrogen-bond acceptors (Lipinski definition) is 3. The minimum absolute atomic E-state index is 0.189. The molecular formula is C23H20ClF3N2OS. The Kier molecular flexibility index (Phi) is 7.18. The zero-order valence-corrected chi connectivity index (χ0v) is 18.4. The number of anilines is 1. The van der Waals surface area contributed by atoms with E-state index >= 15 is 0 Å². The number of alkyl halides is 3. The first kappa shape index (κ1) is 23.0. The standard InChI is InChI=1S/C23H20ClF3N2OS/c1-14(2)16-6-3-15(4-7-16)5-10-21(30)29-22-28-13-19(31-22)12-17-11-18(23(25,26)27)8-9-20(17)24/h3-11,13-14H,12H2,1-2H3,(H,28,29,30)/b10-5+. The predicted molar refractivity (Wildman–Crippen MR) is 120 cm³/mol. The van der Waals surface area contributed by atoms with Crippen molar-refractivity contribution in [1.82, 2.24) is 4.98 Å². The van der Waals surface area contributed by atoms with Crippen LogP contribution in [-0.4, -0.2) is 10.9 Å². The molecule has 0 saturated carbocycles. The number of carbonyl (C=O) groups excluding carboxylic acids is 1. The number of benzene rings is 2. The normalized spacial score (nSPS) is 12.0. The Balaban J connectivity index is 1.63. The van der Waals surface area contributed by atoms with E-state index in [0.717, 1.165) is 17.7 Å². The molecule has 1 N–H and O–H groups in total. The molecule has 2 aromatic carbocycles. The number of thiazole rings is 1. The first-order valence-corrected chi connectivity index (χ1v) is 10.7. The topological polar surface area (TPSA) is 42.0 Å². The molecule has 0 bridgehead atoms. The highest BCUT2D eigenvalue weighted by molar-refractivity contribution is 7.15. The van der Waals surface area contributed by atoms with Gasteiger partial charge in [0.15, 0.2) is 5.13 Å². The highest BCUT2D eigenvalue weighted by atomic mass is 35.5. The van der Waals surface area contributed by atoms with Gasteiger partial charge in [0.25, 0.3) is 0 Å². The number of carbonyl (C=O) groups is 1. The minimum atomic E-state index is -4.44. The molecule has 3 aromatic rings. The number of hydrogen-bond donors (Lipinski definition) is 1. The summed E-state index contributed by atoms with van der Waals surface area (Å²) in [5.41, 5.74) is 1.72. The third kappa shape index (κ3) is 6.42. The fraction of sp³-hybridized carbons (Fsp3) is 0.217. The first-order chi connectivity index (χ1) is 14.6. The van der Waals surface area contributed by atoms with Crippen LogP contribution in [-0.2, 0) is 17.4 Å². The van der Waals surface area contributed by atoms with Crippen LogP contribution in [0.2, 0.25) is 5.02 Å². The smallest absolute Gasteiger partial charge is 0.298 e. The Hall–Kier alpha value is -2.64.